The number of carboxylic acid groups (broad SMARTS) is 2. The Kier molecular flexibility index (Phi) is 9.60. The third-order valence-corrected chi connectivity index (χ3v) is 3.46. The Labute approximate surface area is 205 Å². The minimum atomic E-state index is -1.33. The van der Waals surface area contributed by atoms with Crippen LogP contribution in [0.4, 0.5) is 23.1 Å². The molecule has 3 rings (SSSR count). The minimum Gasteiger partial charge on any atom is -0.545 e. The van der Waals surface area contributed by atoms with Gasteiger partial charge in [0.05, 0.1) is 11.9 Å². The van der Waals surface area contributed by atoms with E-state index in [1.54, 1.807) is 42.5 Å². The van der Waals surface area contributed by atoms with Crippen LogP contribution in [0.2, 0.25) is 0 Å². The Morgan fingerprint density at radius 3 is 1.79 bits per heavy atom. The summed E-state index contributed by atoms with van der Waals surface area (Å²) in [6.07, 6.45) is 1.45. The average molecular weight is 394 g/mol. The first-order valence-corrected chi connectivity index (χ1v) is 7.52. The molecule has 0 amide bonds. The number of carbonyl (C=O) groups is 2. The number of carbonyl (C=O) groups excluding carboxylic acids is 2. The molecule has 10 heteroatoms. The van der Waals surface area contributed by atoms with Gasteiger partial charge in [0, 0.05) is 28.7 Å². The summed E-state index contributed by atoms with van der Waals surface area (Å²) >= 11 is 0. The first kappa shape index (κ1) is 24.1. The van der Waals surface area contributed by atoms with Crippen LogP contribution < -0.4 is 80.0 Å². The van der Waals surface area contributed by atoms with E-state index in [2.05, 4.69) is 20.6 Å². The van der Waals surface area contributed by atoms with E-state index < -0.39 is 11.9 Å². The second-order valence-corrected chi connectivity index (χ2v) is 5.18. The van der Waals surface area contributed by atoms with Gasteiger partial charge in [-0.05, 0) is 18.2 Å². The molecule has 8 nitrogen and oxygen atoms in total. The fourth-order valence-electron chi connectivity index (χ4n) is 2.29. The molecule has 0 aliphatic heterocycles. The van der Waals surface area contributed by atoms with Crippen molar-refractivity contribution in [3.63, 3.8) is 0 Å². The number of benzene rings is 2. The molecule has 1 heterocycles. The van der Waals surface area contributed by atoms with E-state index in [1.807, 2.05) is 0 Å². The first-order valence-electron chi connectivity index (χ1n) is 7.52. The normalized spacial score (nSPS) is 9.43. The standard InChI is InChI=1S/C18H14N4O4.2Na/c23-16(24)11-5-1-3-7-13(11)20-15-9-10-19-18(22-15)21-14-8-4-2-6-12(14)17(25)26;;/h1-10H,(H,23,24)(H,25,26)(H2,19,20,21,22);;/q;2*+1/p-2. The van der Waals surface area contributed by atoms with Gasteiger partial charge in [0.2, 0.25) is 5.95 Å². The monoisotopic (exact) mass is 394 g/mol. The third kappa shape index (κ3) is 6.03. The summed E-state index contributed by atoms with van der Waals surface area (Å²) in [5.41, 5.74) is 0.548. The van der Waals surface area contributed by atoms with Crippen molar-refractivity contribution in [3.05, 3.63) is 71.9 Å². The Morgan fingerprint density at radius 1 is 0.750 bits per heavy atom. The summed E-state index contributed by atoms with van der Waals surface area (Å²) in [7, 11) is 0. The molecule has 0 aliphatic carbocycles. The van der Waals surface area contributed by atoms with Gasteiger partial charge >= 0.3 is 59.1 Å². The molecule has 0 saturated carbocycles. The van der Waals surface area contributed by atoms with E-state index in [1.165, 1.54) is 18.3 Å². The smallest absolute Gasteiger partial charge is 0.545 e. The molecule has 0 atom stereocenters. The summed E-state index contributed by atoms with van der Waals surface area (Å²) < 4.78 is 0. The van der Waals surface area contributed by atoms with E-state index in [-0.39, 0.29) is 81.9 Å². The number of para-hydroxylation sites is 2. The quantitative estimate of drug-likeness (QED) is 0.397. The number of aromatic nitrogens is 2. The van der Waals surface area contributed by atoms with E-state index in [0.29, 0.717) is 11.5 Å². The maximum atomic E-state index is 11.2. The molecule has 0 unspecified atom stereocenters. The Morgan fingerprint density at radius 2 is 1.25 bits per heavy atom. The molecule has 2 N–H and O–H groups in total. The number of anilines is 4. The summed E-state index contributed by atoms with van der Waals surface area (Å²) in [5.74, 6) is -2.19. The van der Waals surface area contributed by atoms with Crippen molar-refractivity contribution < 1.29 is 78.9 Å². The van der Waals surface area contributed by atoms with Crippen LogP contribution >= 0.6 is 0 Å². The molecule has 130 valence electrons. The van der Waals surface area contributed by atoms with Gasteiger partial charge < -0.3 is 30.4 Å². The molecule has 0 radical (unpaired) electrons. The molecule has 0 spiro atoms. The van der Waals surface area contributed by atoms with E-state index in [0.717, 1.165) is 0 Å². The van der Waals surface area contributed by atoms with Crippen LogP contribution in [0.1, 0.15) is 20.7 Å². The number of nitrogens with one attached hydrogen (secondary N) is 2. The molecule has 2 aromatic carbocycles. The van der Waals surface area contributed by atoms with Crippen molar-refractivity contribution in [3.8, 4) is 0 Å². The largest absolute Gasteiger partial charge is 1.00 e. The molecule has 0 saturated heterocycles. The molecule has 0 fully saturated rings. The van der Waals surface area contributed by atoms with Crippen molar-refractivity contribution in [1.29, 1.82) is 0 Å². The van der Waals surface area contributed by atoms with Crippen LogP contribution in [0, 0.1) is 0 Å². The fraction of sp³-hybridized carbons (Fsp3) is 0. The Bertz CT molecular complexity index is 910. The number of hydrogen-bond donors (Lipinski definition) is 2. The van der Waals surface area contributed by atoms with Crippen LogP contribution in [0.3, 0.4) is 0 Å². The first-order chi connectivity index (χ1) is 12.5. The van der Waals surface area contributed by atoms with E-state index in [9.17, 15) is 19.8 Å². The maximum Gasteiger partial charge on any atom is 1.00 e. The summed E-state index contributed by atoms with van der Waals surface area (Å²) in [6.45, 7) is 0. The third-order valence-electron chi connectivity index (χ3n) is 3.46. The van der Waals surface area contributed by atoms with Gasteiger partial charge in [0.1, 0.15) is 5.82 Å². The zero-order valence-corrected chi connectivity index (χ0v) is 19.3. The zero-order valence-electron chi connectivity index (χ0n) is 15.3. The predicted octanol–water partition coefficient (Wildman–Crippen LogP) is -5.30. The van der Waals surface area contributed by atoms with Crippen molar-refractivity contribution in [2.75, 3.05) is 10.6 Å². The number of nitrogens with zero attached hydrogens (tertiary/aromatic N) is 2. The number of aromatic carboxylic acids is 2. The van der Waals surface area contributed by atoms with Gasteiger partial charge in [-0.3, -0.25) is 0 Å². The second kappa shape index (κ2) is 11.2. The fourth-order valence-corrected chi connectivity index (χ4v) is 2.29. The topological polar surface area (TPSA) is 130 Å². The van der Waals surface area contributed by atoms with E-state index in [4.69, 9.17) is 0 Å². The van der Waals surface area contributed by atoms with Crippen LogP contribution in [0.25, 0.3) is 0 Å². The molecule has 1 aromatic heterocycles. The van der Waals surface area contributed by atoms with Crippen molar-refractivity contribution >= 4 is 35.1 Å². The van der Waals surface area contributed by atoms with Gasteiger partial charge in [-0.2, -0.15) is 4.98 Å². The molecule has 0 bridgehead atoms. The predicted molar refractivity (Wildman–Crippen MR) is 90.1 cm³/mol. The minimum absolute atomic E-state index is 0. The number of hydrogen-bond acceptors (Lipinski definition) is 8. The van der Waals surface area contributed by atoms with Gasteiger partial charge in [0.15, 0.2) is 0 Å². The van der Waals surface area contributed by atoms with Crippen LogP contribution in [-0.2, 0) is 0 Å². The van der Waals surface area contributed by atoms with Crippen molar-refractivity contribution in [2.24, 2.45) is 0 Å². The molecular weight excluding hydrogens is 382 g/mol. The Balaban J connectivity index is 0.00000196. The van der Waals surface area contributed by atoms with Gasteiger partial charge in [-0.1, -0.05) is 36.4 Å². The number of rotatable bonds is 6. The zero-order chi connectivity index (χ0) is 18.5. The molecule has 3 aromatic rings. The molecule has 28 heavy (non-hydrogen) atoms. The SMILES string of the molecule is O=C([O-])c1ccccc1Nc1ccnc(Nc2ccccc2C(=O)[O-])n1.[Na+].[Na+]. The maximum absolute atomic E-state index is 11.2. The van der Waals surface area contributed by atoms with Gasteiger partial charge in [-0.25, -0.2) is 4.98 Å². The van der Waals surface area contributed by atoms with Crippen LogP contribution in [0.5, 0.6) is 0 Å². The second-order valence-electron chi connectivity index (χ2n) is 5.18. The van der Waals surface area contributed by atoms with Crippen molar-refractivity contribution in [1.82, 2.24) is 9.97 Å². The van der Waals surface area contributed by atoms with E-state index >= 15 is 0 Å². The van der Waals surface area contributed by atoms with Crippen LogP contribution in [-0.4, -0.2) is 21.9 Å². The summed E-state index contributed by atoms with van der Waals surface area (Å²) in [6, 6.07) is 14.0. The van der Waals surface area contributed by atoms with Crippen molar-refractivity contribution in [2.45, 2.75) is 0 Å². The average Bonchev–Trinajstić information content (AvgIpc) is 2.62. The Hall–Kier alpha value is -1.94. The summed E-state index contributed by atoms with van der Waals surface area (Å²) in [5, 5.41) is 28.0. The van der Waals surface area contributed by atoms with Crippen LogP contribution in [0.15, 0.2) is 60.8 Å². The molecule has 0 aliphatic rings. The van der Waals surface area contributed by atoms with Gasteiger partial charge in [-0.15, -0.1) is 0 Å². The van der Waals surface area contributed by atoms with Gasteiger partial charge in [0.25, 0.3) is 0 Å². The summed E-state index contributed by atoms with van der Waals surface area (Å²) in [4.78, 5) is 30.6. The molecular formula is C18H12N4Na2O4. The number of carboxylic acids is 2.